The van der Waals surface area contributed by atoms with Crippen LogP contribution >= 0.6 is 0 Å². The highest BCUT2D eigenvalue weighted by molar-refractivity contribution is 7.91. The van der Waals surface area contributed by atoms with Crippen LogP contribution in [0.5, 0.6) is 0 Å². The predicted molar refractivity (Wildman–Crippen MR) is 229 cm³/mol. The Morgan fingerprint density at radius 3 is 1.94 bits per heavy atom. The predicted octanol–water partition coefficient (Wildman–Crippen LogP) is 1.06. The number of nitrogens with one attached hydrogen (secondary N) is 5. The molecule has 0 aromatic heterocycles. The zero-order valence-electron chi connectivity index (χ0n) is 34.4. The van der Waals surface area contributed by atoms with Gasteiger partial charge in [-0.25, -0.2) is 17.4 Å². The molecule has 5 atom stereocenters. The van der Waals surface area contributed by atoms with E-state index in [1.54, 1.807) is 57.2 Å². The van der Waals surface area contributed by atoms with E-state index < -0.39 is 104 Å². The molecule has 0 saturated heterocycles. The molecule has 0 radical (unpaired) electrons. The van der Waals surface area contributed by atoms with Gasteiger partial charge < -0.3 is 47.7 Å². The Morgan fingerprint density at radius 1 is 0.774 bits per heavy atom. The number of aliphatic hydroxyl groups is 1. The van der Waals surface area contributed by atoms with Crippen molar-refractivity contribution in [3.8, 4) is 0 Å². The van der Waals surface area contributed by atoms with Gasteiger partial charge in [-0.05, 0) is 74.1 Å². The van der Waals surface area contributed by atoms with E-state index in [1.807, 2.05) is 0 Å². The lowest BCUT2D eigenvalue weighted by molar-refractivity contribution is -0.132. The number of Topliss-reactive ketones (excluding diaryl/α,β-unsaturated/α-hetero) is 1. The molecule has 62 heavy (non-hydrogen) atoms. The van der Waals surface area contributed by atoms with E-state index >= 15 is 0 Å². The number of amides is 7. The molecule has 19 nitrogen and oxygen atoms in total. The third kappa shape index (κ3) is 16.1. The van der Waals surface area contributed by atoms with Gasteiger partial charge in [0.1, 0.15) is 18.1 Å². The second-order valence-corrected chi connectivity index (χ2v) is 17.8. The maximum atomic E-state index is 13.5. The van der Waals surface area contributed by atoms with Gasteiger partial charge in [-0.2, -0.15) is 0 Å². The van der Waals surface area contributed by atoms with Crippen LogP contribution in [0, 0.1) is 18.8 Å². The van der Waals surface area contributed by atoms with Crippen molar-refractivity contribution < 1.29 is 55.8 Å². The highest BCUT2D eigenvalue weighted by atomic mass is 32.2. The van der Waals surface area contributed by atoms with Gasteiger partial charge in [0.05, 0.1) is 28.9 Å². The summed E-state index contributed by atoms with van der Waals surface area (Å²) in [6.45, 7) is 5.01. The number of ketones is 1. The lowest BCUT2D eigenvalue weighted by atomic mass is 9.99. The largest absolute Gasteiger partial charge is 0.392 e. The number of hydrogen-bond donors (Lipinski definition) is 9. The van der Waals surface area contributed by atoms with Crippen molar-refractivity contribution in [1.82, 2.24) is 21.3 Å². The lowest BCUT2D eigenvalue weighted by Crippen LogP contribution is -2.54. The van der Waals surface area contributed by atoms with Crippen molar-refractivity contribution in [2.45, 2.75) is 76.1 Å². The summed E-state index contributed by atoms with van der Waals surface area (Å²) in [5, 5.41) is 22.1. The van der Waals surface area contributed by atoms with Gasteiger partial charge in [0.2, 0.25) is 23.6 Å². The molecule has 0 saturated carbocycles. The number of carbonyl (C=O) groups is 7. The molecule has 0 spiro atoms. The fraction of sp³-hybridized carbons (Fsp3) is 0.390. The van der Waals surface area contributed by atoms with Crippen LogP contribution in [0.3, 0.4) is 0 Å². The maximum absolute atomic E-state index is 13.5. The van der Waals surface area contributed by atoms with Crippen LogP contribution in [0.25, 0.3) is 0 Å². The molecule has 0 fully saturated rings. The Kier molecular flexibility index (Phi) is 19.3. The zero-order valence-corrected chi connectivity index (χ0v) is 36.1. The molecule has 3 rings (SSSR count). The van der Waals surface area contributed by atoms with Crippen molar-refractivity contribution >= 4 is 68.0 Å². The van der Waals surface area contributed by atoms with E-state index in [1.165, 1.54) is 36.4 Å². The summed E-state index contributed by atoms with van der Waals surface area (Å²) in [4.78, 5) is 89.8. The van der Waals surface area contributed by atoms with Crippen molar-refractivity contribution in [1.29, 1.82) is 0 Å². The molecule has 2 unspecified atom stereocenters. The fourth-order valence-corrected chi connectivity index (χ4v) is 8.36. The molecule has 7 amide bonds. The number of carbonyl (C=O) groups excluding carboxylic acids is 7. The summed E-state index contributed by atoms with van der Waals surface area (Å²) < 4.78 is 47.4. The Hall–Kier alpha value is -6.03. The minimum absolute atomic E-state index is 0.0328. The number of hydrogen-bond acceptors (Lipinski definition) is 11. The van der Waals surface area contributed by atoms with E-state index in [0.29, 0.717) is 11.3 Å². The number of aryl methyl sites for hydroxylation is 1. The monoisotopic (exact) mass is 899 g/mol. The average Bonchev–Trinajstić information content (AvgIpc) is 3.21. The average molecular weight is 900 g/mol. The van der Waals surface area contributed by atoms with Crippen molar-refractivity contribution in [2.24, 2.45) is 23.3 Å². The second kappa shape index (κ2) is 23.8. The van der Waals surface area contributed by atoms with E-state index in [0.717, 1.165) is 5.56 Å². The van der Waals surface area contributed by atoms with Gasteiger partial charge in [0.25, 0.3) is 5.91 Å². The summed E-state index contributed by atoms with van der Waals surface area (Å²) in [5.41, 5.74) is 12.4. The third-order valence-corrected chi connectivity index (χ3v) is 12.0. The van der Waals surface area contributed by atoms with Crippen LogP contribution in [-0.2, 0) is 46.7 Å². The number of primary amides is 2. The van der Waals surface area contributed by atoms with Crippen LogP contribution in [0.4, 0.5) is 10.5 Å². The molecule has 0 aliphatic carbocycles. The zero-order chi connectivity index (χ0) is 46.1. The first-order valence-electron chi connectivity index (χ1n) is 19.5. The van der Waals surface area contributed by atoms with E-state index in [2.05, 4.69) is 26.6 Å². The first kappa shape index (κ1) is 50.3. The summed E-state index contributed by atoms with van der Waals surface area (Å²) in [5.74, 6) is -7.75. The van der Waals surface area contributed by atoms with Gasteiger partial charge in [0, 0.05) is 29.8 Å². The quantitative estimate of drug-likeness (QED) is 0.0346. The van der Waals surface area contributed by atoms with Gasteiger partial charge in [-0.15, -0.1) is 0 Å². The van der Waals surface area contributed by atoms with Crippen LogP contribution in [0.2, 0.25) is 0 Å². The number of anilines is 1. The van der Waals surface area contributed by atoms with Crippen LogP contribution in [0.1, 0.15) is 71.4 Å². The first-order chi connectivity index (χ1) is 29.2. The van der Waals surface area contributed by atoms with Crippen LogP contribution < -0.4 is 38.1 Å². The smallest absolute Gasteiger partial charge is 0.312 e. The SMILES string of the molecule is Cc1ccc(S(=O)(=O)CC(CS(=O)O)C(=O)c2ccc(C(=O)N[C@@H](CCC(=O)N[C@H](C(=O)N[C@@H](CCCNC(N)=O)C(=O)Nc3ccc(CO)cc3)C(C)C)C(N)=O)cc2)cc1. The number of nitrogens with two attached hydrogens (primary N) is 2. The van der Waals surface area contributed by atoms with Gasteiger partial charge >= 0.3 is 6.03 Å². The summed E-state index contributed by atoms with van der Waals surface area (Å²) in [7, 11) is -4.03. The Labute approximate surface area is 361 Å². The van der Waals surface area contributed by atoms with Crippen LogP contribution in [-0.4, -0.2) is 99.8 Å². The maximum Gasteiger partial charge on any atom is 0.312 e. The van der Waals surface area contributed by atoms with Crippen LogP contribution in [0.15, 0.2) is 77.7 Å². The Balaban J connectivity index is 1.64. The normalized spacial score (nSPS) is 13.7. The van der Waals surface area contributed by atoms with Gasteiger partial charge in [0.15, 0.2) is 26.7 Å². The number of sulfone groups is 1. The standard InChI is InChI=1S/C41H53N7O12S2/c1-24(2)35(40(55)47-33(5-4-20-44-41(43)56)39(54)45-30-14-8-26(21-49)9-15-30)48-34(50)19-18-32(37(42)52)46-38(53)28-12-10-27(11-13-28)36(51)29(22-61(57)58)23-62(59,60)31-16-6-25(3)7-17-31/h6-17,24,29,32-33,35,49H,4-5,18-23H2,1-3H3,(H2,42,52)(H,45,54)(H,46,53)(H,47,55)(H,48,50)(H,57,58)(H3,43,44,56)/t29?,32-,33-,35-/m0/s1. The molecule has 0 bridgehead atoms. The van der Waals surface area contributed by atoms with Gasteiger partial charge in [-0.3, -0.25) is 28.8 Å². The van der Waals surface area contributed by atoms with E-state index in [-0.39, 0.29) is 54.9 Å². The highest BCUT2D eigenvalue weighted by Crippen LogP contribution is 2.20. The molecular formula is C41H53N7O12S2. The molecule has 3 aromatic rings. The minimum Gasteiger partial charge on any atom is -0.392 e. The number of benzene rings is 3. The van der Waals surface area contributed by atoms with Crippen molar-refractivity contribution in [3.63, 3.8) is 0 Å². The number of urea groups is 1. The first-order valence-corrected chi connectivity index (χ1v) is 22.4. The molecule has 3 aromatic carbocycles. The summed E-state index contributed by atoms with van der Waals surface area (Å²) >= 11 is -2.51. The summed E-state index contributed by atoms with van der Waals surface area (Å²) in [6.07, 6.45) is -0.320. The topological polar surface area (TPSA) is 323 Å². The van der Waals surface area contributed by atoms with E-state index in [9.17, 15) is 55.8 Å². The highest BCUT2D eigenvalue weighted by Gasteiger charge is 2.31. The van der Waals surface area contributed by atoms with Gasteiger partial charge in [-0.1, -0.05) is 55.8 Å². The lowest BCUT2D eigenvalue weighted by Gasteiger charge is -2.25. The van der Waals surface area contributed by atoms with Crippen molar-refractivity contribution in [3.05, 3.63) is 95.1 Å². The number of aliphatic hydroxyl groups excluding tert-OH is 1. The fourth-order valence-electron chi connectivity index (χ4n) is 6.05. The van der Waals surface area contributed by atoms with E-state index in [4.69, 9.17) is 11.5 Å². The molecular weight excluding hydrogens is 847 g/mol. The minimum atomic E-state index is -4.03. The third-order valence-electron chi connectivity index (χ3n) is 9.53. The number of rotatable bonds is 24. The molecule has 0 aliphatic rings. The Bertz CT molecular complexity index is 2200. The summed E-state index contributed by atoms with van der Waals surface area (Å²) in [6, 6.07) is 12.8. The Morgan fingerprint density at radius 2 is 1.39 bits per heavy atom. The second-order valence-electron chi connectivity index (χ2n) is 14.8. The van der Waals surface area contributed by atoms with Crippen molar-refractivity contribution in [2.75, 3.05) is 23.4 Å². The molecule has 21 heteroatoms. The molecule has 336 valence electrons. The molecule has 11 N–H and O–H groups in total. The molecule has 0 heterocycles. The molecule has 0 aliphatic heterocycles.